The first-order chi connectivity index (χ1) is 7.54. The maximum Gasteiger partial charge on any atom is 0.355 e. The number of alkyl halides is 1. The zero-order chi connectivity index (χ0) is 11.9. The van der Waals surface area contributed by atoms with Crippen LogP contribution in [0, 0.1) is 0 Å². The molecule has 6 nitrogen and oxygen atoms in total. The molecule has 1 aromatic heterocycles. The summed E-state index contributed by atoms with van der Waals surface area (Å²) in [7, 11) is 3.19. The molecule has 1 fully saturated rings. The fourth-order valence-corrected chi connectivity index (χ4v) is 2.23. The summed E-state index contributed by atoms with van der Waals surface area (Å²) in [6, 6.07) is -0.105. The van der Waals surface area contributed by atoms with Crippen LogP contribution in [0.3, 0.4) is 0 Å². The summed E-state index contributed by atoms with van der Waals surface area (Å²) in [5.74, 6) is 0.271. The van der Waals surface area contributed by atoms with Gasteiger partial charge < -0.3 is 5.32 Å². The lowest BCUT2D eigenvalue weighted by Crippen LogP contribution is -2.47. The number of hydrogen-bond donors (Lipinski definition) is 1. The van der Waals surface area contributed by atoms with Crippen LogP contribution in [0.5, 0.6) is 0 Å². The first-order valence-electron chi connectivity index (χ1n) is 5.06. The molecule has 0 aromatic carbocycles. The molecule has 0 saturated heterocycles. The van der Waals surface area contributed by atoms with Crippen LogP contribution in [0.4, 0.5) is 5.95 Å². The summed E-state index contributed by atoms with van der Waals surface area (Å²) in [6.45, 7) is 0. The second kappa shape index (κ2) is 3.93. The summed E-state index contributed by atoms with van der Waals surface area (Å²) in [4.78, 5) is 27.4. The van der Waals surface area contributed by atoms with Crippen LogP contribution in [0.1, 0.15) is 18.9 Å². The molecule has 88 valence electrons. The molecule has 7 heteroatoms. The molecule has 1 saturated carbocycles. The van der Waals surface area contributed by atoms with Gasteiger partial charge in [0.15, 0.2) is 0 Å². The molecule has 0 unspecified atom stereocenters. The summed E-state index contributed by atoms with van der Waals surface area (Å²) in [5, 5.41) is 2.76. The van der Waals surface area contributed by atoms with Gasteiger partial charge in [0.05, 0.1) is 0 Å². The highest BCUT2D eigenvalue weighted by atomic mass is 35.5. The molecule has 2 rings (SSSR count). The molecule has 0 aliphatic heterocycles. The van der Waals surface area contributed by atoms with Crippen molar-refractivity contribution in [1.29, 1.82) is 0 Å². The van der Waals surface area contributed by atoms with Crippen molar-refractivity contribution >= 4 is 17.5 Å². The van der Waals surface area contributed by atoms with E-state index in [2.05, 4.69) is 10.3 Å². The Hall–Kier alpha value is -1.30. The number of rotatable bonds is 2. The second-order valence-electron chi connectivity index (χ2n) is 3.90. The molecular weight excluding hydrogens is 232 g/mol. The van der Waals surface area contributed by atoms with E-state index >= 15 is 0 Å². The smallest absolute Gasteiger partial charge is 0.355 e. The molecule has 1 heterocycles. The number of nitrogens with zero attached hydrogens (tertiary/aromatic N) is 3. The van der Waals surface area contributed by atoms with Crippen LogP contribution in [-0.2, 0) is 7.05 Å². The van der Waals surface area contributed by atoms with Crippen molar-refractivity contribution in [1.82, 2.24) is 14.1 Å². The van der Waals surface area contributed by atoms with Crippen molar-refractivity contribution in [2.24, 2.45) is 7.05 Å². The van der Waals surface area contributed by atoms with E-state index in [1.54, 1.807) is 14.1 Å². The summed E-state index contributed by atoms with van der Waals surface area (Å²) >= 11 is 5.84. The van der Waals surface area contributed by atoms with Gasteiger partial charge in [0.2, 0.25) is 5.95 Å². The Balaban J connectivity index is 2.51. The Bertz CT molecular complexity index is 515. The monoisotopic (exact) mass is 244 g/mol. The lowest BCUT2D eigenvalue weighted by molar-refractivity contribution is 0.294. The molecule has 1 aliphatic rings. The van der Waals surface area contributed by atoms with Crippen molar-refractivity contribution in [3.63, 3.8) is 0 Å². The van der Waals surface area contributed by atoms with E-state index in [4.69, 9.17) is 11.6 Å². The van der Waals surface area contributed by atoms with Crippen molar-refractivity contribution in [3.05, 3.63) is 21.0 Å². The molecule has 1 aliphatic carbocycles. The van der Waals surface area contributed by atoms with Gasteiger partial charge in [-0.05, 0) is 12.8 Å². The van der Waals surface area contributed by atoms with Gasteiger partial charge in [-0.15, -0.1) is 11.6 Å². The van der Waals surface area contributed by atoms with E-state index in [9.17, 15) is 9.59 Å². The highest BCUT2D eigenvalue weighted by Gasteiger charge is 2.31. The molecule has 0 atom stereocenters. The van der Waals surface area contributed by atoms with Crippen LogP contribution in [0.15, 0.2) is 9.59 Å². The Morgan fingerprint density at radius 1 is 1.44 bits per heavy atom. The van der Waals surface area contributed by atoms with Gasteiger partial charge in [0.25, 0.3) is 0 Å². The normalized spacial score (nSPS) is 23.9. The van der Waals surface area contributed by atoms with Gasteiger partial charge in [-0.3, -0.25) is 4.57 Å². The molecule has 1 N–H and O–H groups in total. The van der Waals surface area contributed by atoms with E-state index in [1.165, 1.54) is 9.13 Å². The summed E-state index contributed by atoms with van der Waals surface area (Å²) in [5.41, 5.74) is -0.862. The quantitative estimate of drug-likeness (QED) is 0.740. The number of anilines is 1. The third-order valence-corrected chi connectivity index (χ3v) is 3.22. The minimum atomic E-state index is -0.513. The van der Waals surface area contributed by atoms with E-state index in [1.807, 2.05) is 0 Å². The number of halogens is 1. The minimum absolute atomic E-state index is 0.0607. The fraction of sp³-hybridized carbons (Fsp3) is 0.667. The largest absolute Gasteiger partial charge is 0.358 e. The molecule has 0 spiro atoms. The third-order valence-electron chi connectivity index (χ3n) is 2.86. The van der Waals surface area contributed by atoms with Crippen molar-refractivity contribution in [3.8, 4) is 0 Å². The first-order valence-corrected chi connectivity index (χ1v) is 5.49. The van der Waals surface area contributed by atoms with E-state index < -0.39 is 5.69 Å². The third kappa shape index (κ3) is 1.63. The summed E-state index contributed by atoms with van der Waals surface area (Å²) in [6.07, 6.45) is 1.30. The van der Waals surface area contributed by atoms with Gasteiger partial charge >= 0.3 is 11.4 Å². The molecule has 1 aromatic rings. The second-order valence-corrected chi connectivity index (χ2v) is 4.52. The molecule has 0 bridgehead atoms. The van der Waals surface area contributed by atoms with E-state index in [-0.39, 0.29) is 23.1 Å². The van der Waals surface area contributed by atoms with Crippen LogP contribution >= 0.6 is 11.6 Å². The number of nitrogens with one attached hydrogen (secondary N) is 1. The van der Waals surface area contributed by atoms with Gasteiger partial charge in [-0.2, -0.15) is 4.98 Å². The van der Waals surface area contributed by atoms with Crippen molar-refractivity contribution in [2.75, 3.05) is 12.4 Å². The zero-order valence-corrected chi connectivity index (χ0v) is 9.86. The molecule has 0 amide bonds. The average Bonchev–Trinajstić information content (AvgIpc) is 2.21. The predicted molar refractivity (Wildman–Crippen MR) is 61.2 cm³/mol. The Morgan fingerprint density at radius 2 is 2.06 bits per heavy atom. The maximum atomic E-state index is 11.9. The predicted octanol–water partition coefficient (Wildman–Crippen LogP) is -0.0740. The summed E-state index contributed by atoms with van der Waals surface area (Å²) < 4.78 is 2.50. The molecule has 16 heavy (non-hydrogen) atoms. The molecule has 0 radical (unpaired) electrons. The van der Waals surface area contributed by atoms with Crippen molar-refractivity contribution in [2.45, 2.75) is 24.3 Å². The standard InChI is InChI=1S/C9H13ClN4O2/c1-11-7-12-8(15)14(9(16)13(7)2)6-3-5(10)4-6/h5-6H,3-4H2,1-2H3,(H,11,12,15). The maximum absolute atomic E-state index is 11.9. The fourth-order valence-electron chi connectivity index (χ4n) is 1.82. The van der Waals surface area contributed by atoms with Crippen molar-refractivity contribution < 1.29 is 0 Å². The van der Waals surface area contributed by atoms with Crippen LogP contribution in [0.25, 0.3) is 0 Å². The molecular formula is C9H13ClN4O2. The lowest BCUT2D eigenvalue weighted by Gasteiger charge is -2.31. The topological polar surface area (TPSA) is 68.9 Å². The number of hydrogen-bond acceptors (Lipinski definition) is 4. The zero-order valence-electron chi connectivity index (χ0n) is 9.11. The van der Waals surface area contributed by atoms with Gasteiger partial charge in [-0.25, -0.2) is 14.2 Å². The highest BCUT2D eigenvalue weighted by Crippen LogP contribution is 2.34. The highest BCUT2D eigenvalue weighted by molar-refractivity contribution is 6.21. The minimum Gasteiger partial charge on any atom is -0.358 e. The van der Waals surface area contributed by atoms with Crippen LogP contribution < -0.4 is 16.7 Å². The average molecular weight is 245 g/mol. The SMILES string of the molecule is CNc1nc(=O)n(C2CC(Cl)C2)c(=O)n1C. The van der Waals surface area contributed by atoms with E-state index in [0.717, 1.165) is 0 Å². The van der Waals surface area contributed by atoms with Crippen LogP contribution in [0.2, 0.25) is 0 Å². The van der Waals surface area contributed by atoms with Crippen LogP contribution in [-0.4, -0.2) is 26.5 Å². The number of aromatic nitrogens is 3. The Morgan fingerprint density at radius 3 is 2.56 bits per heavy atom. The van der Waals surface area contributed by atoms with E-state index in [0.29, 0.717) is 12.8 Å². The van der Waals surface area contributed by atoms with Gasteiger partial charge in [0, 0.05) is 25.5 Å². The Labute approximate surface area is 96.9 Å². The first kappa shape index (κ1) is 11.2. The Kier molecular flexibility index (Phi) is 2.75. The van der Waals surface area contributed by atoms with Gasteiger partial charge in [-0.1, -0.05) is 0 Å². The lowest BCUT2D eigenvalue weighted by atomic mass is 9.92. The van der Waals surface area contributed by atoms with Gasteiger partial charge in [0.1, 0.15) is 0 Å².